The molecule has 1 aliphatic rings. The topological polar surface area (TPSA) is 35.6 Å². The summed E-state index contributed by atoms with van der Waals surface area (Å²) in [5.74, 6) is 0. The lowest BCUT2D eigenvalue weighted by Crippen LogP contribution is -2.38. The van der Waals surface area contributed by atoms with Crippen LogP contribution in [0.3, 0.4) is 0 Å². The van der Waals surface area contributed by atoms with Crippen LogP contribution in [0.5, 0.6) is 0 Å². The Hall–Kier alpha value is -1.40. The van der Waals surface area contributed by atoms with Crippen LogP contribution in [0.2, 0.25) is 5.02 Å². The Bertz CT molecular complexity index is 507. The summed E-state index contributed by atoms with van der Waals surface area (Å²) in [6.45, 7) is 3.66. The molecule has 1 saturated heterocycles. The number of urea groups is 1. The van der Waals surface area contributed by atoms with Crippen molar-refractivity contribution in [1.29, 1.82) is 0 Å². The minimum atomic E-state index is -2.34. The van der Waals surface area contributed by atoms with Crippen LogP contribution in [-0.4, -0.2) is 55.0 Å². The maximum absolute atomic E-state index is 12.4. The number of benzene rings is 1. The second-order valence-corrected chi connectivity index (χ2v) is 5.80. The molecule has 1 N–H and O–H groups in total. The van der Waals surface area contributed by atoms with E-state index in [0.29, 0.717) is 43.3 Å². The molecule has 4 nitrogen and oxygen atoms in total. The van der Waals surface area contributed by atoms with Crippen molar-refractivity contribution in [3.63, 3.8) is 0 Å². The van der Waals surface area contributed by atoms with Gasteiger partial charge in [0, 0.05) is 26.2 Å². The number of anilines is 1. The smallest absolute Gasteiger partial charge is 0.321 e. The Kier molecular flexibility index (Phi) is 5.97. The van der Waals surface area contributed by atoms with Gasteiger partial charge in [0.05, 0.1) is 17.3 Å². The fourth-order valence-corrected chi connectivity index (χ4v) is 2.80. The number of para-hydroxylation sites is 1. The zero-order valence-corrected chi connectivity index (χ0v) is 13.2. The Balaban J connectivity index is 1.96. The molecule has 0 spiro atoms. The van der Waals surface area contributed by atoms with Crippen LogP contribution >= 0.6 is 11.6 Å². The van der Waals surface area contributed by atoms with Crippen LogP contribution in [0.15, 0.2) is 18.2 Å². The molecule has 0 radical (unpaired) electrons. The molecule has 0 atom stereocenters. The summed E-state index contributed by atoms with van der Waals surface area (Å²) in [5, 5.41) is 3.31. The van der Waals surface area contributed by atoms with Crippen molar-refractivity contribution >= 4 is 23.3 Å². The first-order valence-corrected chi connectivity index (χ1v) is 7.66. The van der Waals surface area contributed by atoms with Crippen molar-refractivity contribution in [1.82, 2.24) is 9.80 Å². The first-order chi connectivity index (χ1) is 10.5. The van der Waals surface area contributed by atoms with Crippen molar-refractivity contribution in [2.24, 2.45) is 0 Å². The largest absolute Gasteiger partial charge is 0.323 e. The standard InChI is InChI=1S/C15H20ClF2N3O/c1-11-4-2-5-12(16)14(11)19-15(22)21-7-3-6-20(8-9-21)10-13(17)18/h2,4-5,13H,3,6-10H2,1H3,(H,19,22). The van der Waals surface area contributed by atoms with Crippen LogP contribution < -0.4 is 5.32 Å². The van der Waals surface area contributed by atoms with Crippen molar-refractivity contribution < 1.29 is 13.6 Å². The van der Waals surface area contributed by atoms with Gasteiger partial charge in [-0.3, -0.25) is 4.90 Å². The van der Waals surface area contributed by atoms with E-state index in [1.807, 2.05) is 19.1 Å². The molecular formula is C15H20ClF2N3O. The van der Waals surface area contributed by atoms with Crippen LogP contribution in [0, 0.1) is 6.92 Å². The second-order valence-electron chi connectivity index (χ2n) is 5.39. The number of rotatable bonds is 3. The summed E-state index contributed by atoms with van der Waals surface area (Å²) < 4.78 is 24.9. The highest BCUT2D eigenvalue weighted by Gasteiger charge is 2.21. The first-order valence-electron chi connectivity index (χ1n) is 7.29. The molecule has 1 aromatic carbocycles. The molecule has 1 aliphatic heterocycles. The molecular weight excluding hydrogens is 312 g/mol. The summed E-state index contributed by atoms with van der Waals surface area (Å²) in [6, 6.07) is 5.17. The first kappa shape index (κ1) is 17.0. The minimum absolute atomic E-state index is 0.237. The van der Waals surface area contributed by atoms with Gasteiger partial charge in [-0.25, -0.2) is 13.6 Å². The van der Waals surface area contributed by atoms with Crippen molar-refractivity contribution in [3.05, 3.63) is 28.8 Å². The van der Waals surface area contributed by atoms with Crippen molar-refractivity contribution in [2.45, 2.75) is 19.8 Å². The Labute approximate surface area is 134 Å². The van der Waals surface area contributed by atoms with Gasteiger partial charge in [-0.05, 0) is 25.0 Å². The number of alkyl halides is 2. The van der Waals surface area contributed by atoms with Gasteiger partial charge in [-0.15, -0.1) is 0 Å². The second kappa shape index (κ2) is 7.74. The lowest BCUT2D eigenvalue weighted by atomic mass is 10.2. The molecule has 0 bridgehead atoms. The van der Waals surface area contributed by atoms with Crippen LogP contribution in [0.4, 0.5) is 19.3 Å². The van der Waals surface area contributed by atoms with Gasteiger partial charge in [-0.1, -0.05) is 23.7 Å². The Morgan fingerprint density at radius 3 is 2.77 bits per heavy atom. The van der Waals surface area contributed by atoms with Crippen molar-refractivity contribution in [3.8, 4) is 0 Å². The number of carbonyl (C=O) groups is 1. The molecule has 122 valence electrons. The van der Waals surface area contributed by atoms with E-state index in [-0.39, 0.29) is 12.6 Å². The number of aryl methyl sites for hydroxylation is 1. The van der Waals surface area contributed by atoms with Gasteiger partial charge in [0.15, 0.2) is 0 Å². The summed E-state index contributed by atoms with van der Waals surface area (Å²) in [4.78, 5) is 15.7. The molecule has 0 aromatic heterocycles. The molecule has 1 heterocycles. The monoisotopic (exact) mass is 331 g/mol. The van der Waals surface area contributed by atoms with Crippen molar-refractivity contribution in [2.75, 3.05) is 38.0 Å². The number of carbonyl (C=O) groups excluding carboxylic acids is 1. The fourth-order valence-electron chi connectivity index (χ4n) is 2.53. The predicted octanol–water partition coefficient (Wildman–Crippen LogP) is 3.45. The fraction of sp³-hybridized carbons (Fsp3) is 0.533. The maximum Gasteiger partial charge on any atom is 0.321 e. The summed E-state index contributed by atoms with van der Waals surface area (Å²) in [7, 11) is 0. The predicted molar refractivity (Wildman–Crippen MR) is 83.8 cm³/mol. The van der Waals surface area contributed by atoms with E-state index >= 15 is 0 Å². The van der Waals surface area contributed by atoms with E-state index < -0.39 is 6.43 Å². The van der Waals surface area contributed by atoms with Gasteiger partial charge in [0.25, 0.3) is 6.43 Å². The molecule has 0 saturated carbocycles. The minimum Gasteiger partial charge on any atom is -0.323 e. The quantitative estimate of drug-likeness (QED) is 0.920. The van der Waals surface area contributed by atoms with Gasteiger partial charge < -0.3 is 10.2 Å². The van der Waals surface area contributed by atoms with Gasteiger partial charge in [0.2, 0.25) is 0 Å². The average molecular weight is 332 g/mol. The number of nitrogens with zero attached hydrogens (tertiary/aromatic N) is 2. The zero-order chi connectivity index (χ0) is 16.1. The highest BCUT2D eigenvalue weighted by Crippen LogP contribution is 2.25. The molecule has 0 unspecified atom stereocenters. The summed E-state index contributed by atoms with van der Waals surface area (Å²) in [6.07, 6.45) is -1.66. The molecule has 0 aliphatic carbocycles. The molecule has 1 aromatic rings. The molecule has 7 heteroatoms. The van der Waals surface area contributed by atoms with E-state index in [0.717, 1.165) is 5.56 Å². The number of amides is 2. The van der Waals surface area contributed by atoms with Gasteiger partial charge >= 0.3 is 6.03 Å². The number of halogens is 3. The number of hydrogen-bond acceptors (Lipinski definition) is 2. The van der Waals surface area contributed by atoms with E-state index in [1.165, 1.54) is 0 Å². The third kappa shape index (κ3) is 4.55. The highest BCUT2D eigenvalue weighted by molar-refractivity contribution is 6.33. The third-order valence-corrected chi connectivity index (χ3v) is 4.04. The normalized spacial score (nSPS) is 16.7. The van der Waals surface area contributed by atoms with E-state index in [2.05, 4.69) is 5.32 Å². The molecule has 2 rings (SSSR count). The summed E-state index contributed by atoms with van der Waals surface area (Å²) >= 11 is 6.10. The average Bonchev–Trinajstić information content (AvgIpc) is 2.68. The maximum atomic E-state index is 12.4. The van der Waals surface area contributed by atoms with E-state index in [9.17, 15) is 13.6 Å². The number of nitrogens with one attached hydrogen (secondary N) is 1. The highest BCUT2D eigenvalue weighted by atomic mass is 35.5. The number of hydrogen-bond donors (Lipinski definition) is 1. The Morgan fingerprint density at radius 2 is 2.09 bits per heavy atom. The SMILES string of the molecule is Cc1cccc(Cl)c1NC(=O)N1CCCN(CC(F)F)CC1. The molecule has 22 heavy (non-hydrogen) atoms. The van der Waals surface area contributed by atoms with Gasteiger partial charge in [-0.2, -0.15) is 0 Å². The van der Waals surface area contributed by atoms with E-state index in [4.69, 9.17) is 11.6 Å². The van der Waals surface area contributed by atoms with Crippen LogP contribution in [0.1, 0.15) is 12.0 Å². The summed E-state index contributed by atoms with van der Waals surface area (Å²) in [5.41, 5.74) is 1.48. The van der Waals surface area contributed by atoms with Crippen LogP contribution in [0.25, 0.3) is 0 Å². The lowest BCUT2D eigenvalue weighted by Gasteiger charge is -2.23. The van der Waals surface area contributed by atoms with E-state index in [1.54, 1.807) is 15.9 Å². The third-order valence-electron chi connectivity index (χ3n) is 3.73. The van der Waals surface area contributed by atoms with Gasteiger partial charge in [0.1, 0.15) is 0 Å². The zero-order valence-electron chi connectivity index (χ0n) is 12.5. The van der Waals surface area contributed by atoms with Crippen LogP contribution in [-0.2, 0) is 0 Å². The Morgan fingerprint density at radius 1 is 1.32 bits per heavy atom. The molecule has 1 fully saturated rings. The molecule has 2 amide bonds. The lowest BCUT2D eigenvalue weighted by molar-refractivity contribution is 0.0905.